The van der Waals surface area contributed by atoms with Gasteiger partial charge in [-0.1, -0.05) is 23.2 Å². The summed E-state index contributed by atoms with van der Waals surface area (Å²) in [5.41, 5.74) is 1.47. The van der Waals surface area contributed by atoms with Gasteiger partial charge < -0.3 is 14.6 Å². The van der Waals surface area contributed by atoms with E-state index in [9.17, 15) is 9.59 Å². The van der Waals surface area contributed by atoms with Gasteiger partial charge in [0.15, 0.2) is 5.43 Å². The van der Waals surface area contributed by atoms with E-state index >= 15 is 0 Å². The van der Waals surface area contributed by atoms with Crippen molar-refractivity contribution in [2.45, 2.75) is 27.3 Å². The Labute approximate surface area is 156 Å². The van der Waals surface area contributed by atoms with Crippen LogP contribution in [0.15, 0.2) is 29.1 Å². The fraction of sp³-hybridized carbons (Fsp3) is 0.333. The van der Waals surface area contributed by atoms with E-state index in [4.69, 9.17) is 27.9 Å². The molecule has 1 aromatic heterocycles. The SMILES string of the molecule is CCOCCn1c(C)cc(=O)c(C(=O)Nc2cc(Cl)ccc2Cl)c1C. The average Bonchev–Trinajstić information content (AvgIpc) is 2.54. The van der Waals surface area contributed by atoms with Gasteiger partial charge in [0, 0.05) is 35.6 Å². The molecule has 0 unspecified atom stereocenters. The van der Waals surface area contributed by atoms with Crippen LogP contribution < -0.4 is 10.7 Å². The first-order chi connectivity index (χ1) is 11.8. The van der Waals surface area contributed by atoms with Crippen LogP contribution in [0.3, 0.4) is 0 Å². The summed E-state index contributed by atoms with van der Waals surface area (Å²) in [5.74, 6) is -0.517. The number of hydrogen-bond donors (Lipinski definition) is 1. The van der Waals surface area contributed by atoms with E-state index in [0.29, 0.717) is 41.2 Å². The van der Waals surface area contributed by atoms with Crippen LogP contribution in [0.4, 0.5) is 5.69 Å². The van der Waals surface area contributed by atoms with Crippen molar-refractivity contribution >= 4 is 34.8 Å². The van der Waals surface area contributed by atoms with Gasteiger partial charge in [0.2, 0.25) is 0 Å². The Hall–Kier alpha value is -1.82. The number of carbonyl (C=O) groups is 1. The van der Waals surface area contributed by atoms with Gasteiger partial charge in [-0.15, -0.1) is 0 Å². The zero-order chi connectivity index (χ0) is 18.6. The molecular formula is C18H20Cl2N2O3. The average molecular weight is 383 g/mol. The minimum atomic E-state index is -0.517. The molecule has 0 aliphatic carbocycles. The molecule has 0 atom stereocenters. The van der Waals surface area contributed by atoms with Gasteiger partial charge in [0.05, 0.1) is 17.3 Å². The van der Waals surface area contributed by atoms with Gasteiger partial charge in [0.1, 0.15) is 5.56 Å². The fourth-order valence-corrected chi connectivity index (χ4v) is 2.95. The van der Waals surface area contributed by atoms with Crippen LogP contribution in [0.1, 0.15) is 28.7 Å². The van der Waals surface area contributed by atoms with E-state index in [1.54, 1.807) is 25.1 Å². The van der Waals surface area contributed by atoms with E-state index < -0.39 is 5.91 Å². The van der Waals surface area contributed by atoms with Gasteiger partial charge in [-0.25, -0.2) is 0 Å². The molecule has 0 aliphatic rings. The predicted molar refractivity (Wildman–Crippen MR) is 101 cm³/mol. The van der Waals surface area contributed by atoms with Gasteiger partial charge in [-0.3, -0.25) is 9.59 Å². The van der Waals surface area contributed by atoms with Crippen molar-refractivity contribution in [3.8, 4) is 0 Å². The zero-order valence-corrected chi connectivity index (χ0v) is 15.9. The molecule has 0 saturated heterocycles. The number of anilines is 1. The predicted octanol–water partition coefficient (Wildman–Crippen LogP) is 4.06. The lowest BCUT2D eigenvalue weighted by molar-refractivity contribution is 0.102. The Bertz CT molecular complexity index is 847. The molecular weight excluding hydrogens is 363 g/mol. The van der Waals surface area contributed by atoms with Crippen molar-refractivity contribution in [3.63, 3.8) is 0 Å². The Morgan fingerprint density at radius 3 is 2.64 bits per heavy atom. The summed E-state index contributed by atoms with van der Waals surface area (Å²) in [6.07, 6.45) is 0. The largest absolute Gasteiger partial charge is 0.380 e. The summed E-state index contributed by atoms with van der Waals surface area (Å²) in [4.78, 5) is 25.0. The topological polar surface area (TPSA) is 60.3 Å². The molecule has 0 aliphatic heterocycles. The minimum absolute atomic E-state index is 0.0816. The second kappa shape index (κ2) is 8.52. The zero-order valence-electron chi connectivity index (χ0n) is 14.4. The lowest BCUT2D eigenvalue weighted by Crippen LogP contribution is -2.27. The Morgan fingerprint density at radius 1 is 1.24 bits per heavy atom. The van der Waals surface area contributed by atoms with E-state index in [0.717, 1.165) is 5.69 Å². The third kappa shape index (κ3) is 4.63. The summed E-state index contributed by atoms with van der Waals surface area (Å²) in [5, 5.41) is 3.45. The lowest BCUT2D eigenvalue weighted by Gasteiger charge is -2.17. The summed E-state index contributed by atoms with van der Waals surface area (Å²) in [7, 11) is 0. The highest BCUT2D eigenvalue weighted by Crippen LogP contribution is 2.26. The summed E-state index contributed by atoms with van der Waals surface area (Å²) >= 11 is 12.0. The summed E-state index contributed by atoms with van der Waals surface area (Å²) in [6, 6.07) is 6.20. The number of pyridine rings is 1. The molecule has 0 radical (unpaired) electrons. The number of hydrogen-bond acceptors (Lipinski definition) is 3. The number of carbonyl (C=O) groups excluding carboxylic acids is 1. The van der Waals surface area contributed by atoms with Gasteiger partial charge in [-0.2, -0.15) is 0 Å². The molecule has 134 valence electrons. The van der Waals surface area contributed by atoms with Crippen LogP contribution in [0.25, 0.3) is 0 Å². The molecule has 0 spiro atoms. The number of aryl methyl sites for hydroxylation is 1. The molecule has 25 heavy (non-hydrogen) atoms. The van der Waals surface area contributed by atoms with Crippen LogP contribution in [0.5, 0.6) is 0 Å². The molecule has 0 saturated carbocycles. The molecule has 7 heteroatoms. The molecule has 1 N–H and O–H groups in total. The summed E-state index contributed by atoms with van der Waals surface area (Å²) in [6.45, 7) is 7.16. The maximum Gasteiger partial charge on any atom is 0.261 e. The van der Waals surface area contributed by atoms with Crippen molar-refractivity contribution in [1.82, 2.24) is 4.57 Å². The summed E-state index contributed by atoms with van der Waals surface area (Å²) < 4.78 is 7.27. The number of ether oxygens (including phenoxy) is 1. The first-order valence-electron chi connectivity index (χ1n) is 7.90. The van der Waals surface area contributed by atoms with Crippen molar-refractivity contribution in [2.24, 2.45) is 0 Å². The quantitative estimate of drug-likeness (QED) is 0.766. The van der Waals surface area contributed by atoms with Crippen molar-refractivity contribution in [1.29, 1.82) is 0 Å². The molecule has 0 bridgehead atoms. The highest BCUT2D eigenvalue weighted by Gasteiger charge is 2.18. The minimum Gasteiger partial charge on any atom is -0.380 e. The molecule has 1 heterocycles. The van der Waals surface area contributed by atoms with Crippen LogP contribution in [0, 0.1) is 13.8 Å². The second-order valence-corrected chi connectivity index (χ2v) is 6.38. The van der Waals surface area contributed by atoms with Gasteiger partial charge >= 0.3 is 0 Å². The Morgan fingerprint density at radius 2 is 1.96 bits per heavy atom. The highest BCUT2D eigenvalue weighted by molar-refractivity contribution is 6.35. The molecule has 5 nitrogen and oxygen atoms in total. The third-order valence-corrected chi connectivity index (χ3v) is 4.41. The number of nitrogens with zero attached hydrogens (tertiary/aromatic N) is 1. The van der Waals surface area contributed by atoms with Crippen molar-refractivity contribution < 1.29 is 9.53 Å². The first kappa shape index (κ1) is 19.5. The van der Waals surface area contributed by atoms with Crippen molar-refractivity contribution in [2.75, 3.05) is 18.5 Å². The number of nitrogens with one attached hydrogen (secondary N) is 1. The first-order valence-corrected chi connectivity index (χ1v) is 8.66. The van der Waals surface area contributed by atoms with Gasteiger partial charge in [0.25, 0.3) is 5.91 Å². The molecule has 1 aromatic carbocycles. The standard InChI is InChI=1S/C18H20Cl2N2O3/c1-4-25-8-7-22-11(2)9-16(23)17(12(22)3)18(24)21-15-10-13(19)5-6-14(15)20/h5-6,9-10H,4,7-8H2,1-3H3,(H,21,24). The van der Waals surface area contributed by atoms with Crippen LogP contribution in [0.2, 0.25) is 10.0 Å². The maximum atomic E-state index is 12.7. The third-order valence-electron chi connectivity index (χ3n) is 3.85. The molecule has 2 rings (SSSR count). The fourth-order valence-electron chi connectivity index (χ4n) is 2.62. The number of benzene rings is 1. The number of aromatic nitrogens is 1. The smallest absolute Gasteiger partial charge is 0.261 e. The van der Waals surface area contributed by atoms with Gasteiger partial charge in [-0.05, 0) is 39.0 Å². The monoisotopic (exact) mass is 382 g/mol. The second-order valence-electron chi connectivity index (χ2n) is 5.54. The lowest BCUT2D eigenvalue weighted by atomic mass is 10.1. The van der Waals surface area contributed by atoms with E-state index in [2.05, 4.69) is 5.32 Å². The normalized spacial score (nSPS) is 10.8. The Balaban J connectivity index is 2.37. The molecule has 2 aromatic rings. The van der Waals surface area contributed by atoms with E-state index in [-0.39, 0.29) is 11.0 Å². The Kier molecular flexibility index (Phi) is 6.64. The van der Waals surface area contributed by atoms with Crippen LogP contribution >= 0.6 is 23.2 Å². The van der Waals surface area contributed by atoms with Crippen LogP contribution in [-0.4, -0.2) is 23.7 Å². The number of halogens is 2. The van der Waals surface area contributed by atoms with E-state index in [1.165, 1.54) is 6.07 Å². The van der Waals surface area contributed by atoms with Crippen LogP contribution in [-0.2, 0) is 11.3 Å². The molecule has 1 amide bonds. The maximum absolute atomic E-state index is 12.7. The molecule has 0 fully saturated rings. The highest BCUT2D eigenvalue weighted by atomic mass is 35.5. The number of rotatable bonds is 6. The van der Waals surface area contributed by atoms with Crippen molar-refractivity contribution in [3.05, 3.63) is 61.5 Å². The number of amides is 1. The van der Waals surface area contributed by atoms with E-state index in [1.807, 2.05) is 18.4 Å².